The van der Waals surface area contributed by atoms with Gasteiger partial charge in [0, 0.05) is 0 Å². The maximum atomic E-state index is 11.0. The van der Waals surface area contributed by atoms with Gasteiger partial charge in [-0.25, -0.2) is 0 Å². The molecule has 0 saturated carbocycles. The molecule has 0 amide bonds. The van der Waals surface area contributed by atoms with Gasteiger partial charge in [-0.05, 0) is 48.9 Å². The molecular formula is C15H16O2. The molecule has 1 unspecified atom stereocenters. The van der Waals surface area contributed by atoms with Crippen LogP contribution in [0.5, 0.6) is 0 Å². The van der Waals surface area contributed by atoms with Crippen LogP contribution in [0.4, 0.5) is 0 Å². The third-order valence-corrected chi connectivity index (χ3v) is 3.63. The van der Waals surface area contributed by atoms with Gasteiger partial charge >= 0.3 is 0 Å². The number of aryl methyl sites for hydroxylation is 1. The van der Waals surface area contributed by atoms with Gasteiger partial charge in [0.05, 0.1) is 6.26 Å². The molecule has 1 aromatic carbocycles. The van der Waals surface area contributed by atoms with E-state index in [0.29, 0.717) is 5.76 Å². The quantitative estimate of drug-likeness (QED) is 0.760. The number of furan rings is 1. The van der Waals surface area contributed by atoms with E-state index in [4.69, 9.17) is 4.42 Å². The molecule has 1 heterocycles. The minimum atomic E-state index is -0.948. The first kappa shape index (κ1) is 10.6. The average molecular weight is 228 g/mol. The Morgan fingerprint density at radius 3 is 2.76 bits per heavy atom. The normalized spacial score (nSPS) is 24.1. The molecule has 2 aromatic rings. The van der Waals surface area contributed by atoms with Crippen molar-refractivity contribution in [3.63, 3.8) is 0 Å². The van der Waals surface area contributed by atoms with Gasteiger partial charge in [-0.3, -0.25) is 0 Å². The molecule has 1 aliphatic carbocycles. The topological polar surface area (TPSA) is 33.4 Å². The predicted octanol–water partition coefficient (Wildman–Crippen LogP) is 3.24. The van der Waals surface area contributed by atoms with E-state index in [-0.39, 0.29) is 0 Å². The highest BCUT2D eigenvalue weighted by atomic mass is 16.4. The smallest absolute Gasteiger partial charge is 0.147 e. The first-order valence-electron chi connectivity index (χ1n) is 6.15. The Labute approximate surface area is 101 Å². The van der Waals surface area contributed by atoms with Crippen molar-refractivity contribution < 1.29 is 9.52 Å². The highest BCUT2D eigenvalue weighted by Gasteiger charge is 2.36. The van der Waals surface area contributed by atoms with Crippen molar-refractivity contribution in [2.75, 3.05) is 0 Å². The second-order valence-corrected chi connectivity index (χ2v) is 4.70. The summed E-state index contributed by atoms with van der Waals surface area (Å²) in [5.74, 6) is 0.659. The van der Waals surface area contributed by atoms with Gasteiger partial charge in [0.2, 0.25) is 0 Å². The summed E-state index contributed by atoms with van der Waals surface area (Å²) in [7, 11) is 0. The van der Waals surface area contributed by atoms with Crippen LogP contribution < -0.4 is 0 Å². The molecule has 17 heavy (non-hydrogen) atoms. The SMILES string of the molecule is OC1(c2ccco2)CCCCc2ccccc21. The van der Waals surface area contributed by atoms with Crippen molar-refractivity contribution in [3.8, 4) is 0 Å². The largest absolute Gasteiger partial charge is 0.466 e. The maximum Gasteiger partial charge on any atom is 0.147 e. The molecule has 0 bridgehead atoms. The van der Waals surface area contributed by atoms with Crippen LogP contribution in [0.2, 0.25) is 0 Å². The van der Waals surface area contributed by atoms with Crippen LogP contribution in [0, 0.1) is 0 Å². The highest BCUT2D eigenvalue weighted by Crippen LogP contribution is 2.39. The Bertz CT molecular complexity index is 501. The van der Waals surface area contributed by atoms with Crippen LogP contribution in [-0.4, -0.2) is 5.11 Å². The lowest BCUT2D eigenvalue weighted by atomic mass is 9.86. The molecule has 3 rings (SSSR count). The van der Waals surface area contributed by atoms with E-state index in [1.165, 1.54) is 5.56 Å². The lowest BCUT2D eigenvalue weighted by Crippen LogP contribution is -2.26. The number of rotatable bonds is 1. The summed E-state index contributed by atoms with van der Waals surface area (Å²) in [6, 6.07) is 11.8. The second kappa shape index (κ2) is 4.04. The first-order valence-corrected chi connectivity index (χ1v) is 6.15. The third kappa shape index (κ3) is 1.69. The zero-order valence-corrected chi connectivity index (χ0v) is 9.73. The zero-order valence-electron chi connectivity index (χ0n) is 9.73. The summed E-state index contributed by atoms with van der Waals surface area (Å²) in [5, 5.41) is 11.0. The molecule has 0 aliphatic heterocycles. The van der Waals surface area contributed by atoms with E-state index in [0.717, 1.165) is 31.2 Å². The molecule has 0 radical (unpaired) electrons. The minimum absolute atomic E-state index is 0.659. The number of hydrogen-bond acceptors (Lipinski definition) is 2. The van der Waals surface area contributed by atoms with Crippen LogP contribution in [-0.2, 0) is 12.0 Å². The van der Waals surface area contributed by atoms with E-state index in [1.807, 2.05) is 30.3 Å². The van der Waals surface area contributed by atoms with Crippen molar-refractivity contribution in [1.82, 2.24) is 0 Å². The lowest BCUT2D eigenvalue weighted by molar-refractivity contribution is 0.0472. The Kier molecular flexibility index (Phi) is 2.52. The fourth-order valence-electron chi connectivity index (χ4n) is 2.74. The van der Waals surface area contributed by atoms with Crippen molar-refractivity contribution in [3.05, 3.63) is 59.5 Å². The summed E-state index contributed by atoms with van der Waals surface area (Å²) >= 11 is 0. The monoisotopic (exact) mass is 228 g/mol. The van der Waals surface area contributed by atoms with Crippen LogP contribution in [0.3, 0.4) is 0 Å². The first-order chi connectivity index (χ1) is 8.31. The van der Waals surface area contributed by atoms with E-state index < -0.39 is 5.60 Å². The van der Waals surface area contributed by atoms with Crippen LogP contribution in [0.1, 0.15) is 36.1 Å². The van der Waals surface area contributed by atoms with Crippen LogP contribution in [0.25, 0.3) is 0 Å². The van der Waals surface area contributed by atoms with Gasteiger partial charge in [0.15, 0.2) is 0 Å². The fraction of sp³-hybridized carbons (Fsp3) is 0.333. The number of aliphatic hydroxyl groups is 1. The second-order valence-electron chi connectivity index (χ2n) is 4.70. The summed E-state index contributed by atoms with van der Waals surface area (Å²) < 4.78 is 5.44. The van der Waals surface area contributed by atoms with Crippen molar-refractivity contribution in [2.24, 2.45) is 0 Å². The highest BCUT2D eigenvalue weighted by molar-refractivity contribution is 5.38. The van der Waals surface area contributed by atoms with Gasteiger partial charge in [0.25, 0.3) is 0 Å². The molecular weight excluding hydrogens is 212 g/mol. The zero-order chi connectivity index (χ0) is 11.7. The molecule has 2 heteroatoms. The standard InChI is InChI=1S/C15H16O2/c16-15(14-9-5-11-17-14)10-4-3-7-12-6-1-2-8-13(12)15/h1-2,5-6,8-9,11,16H,3-4,7,10H2. The van der Waals surface area contributed by atoms with Crippen LogP contribution in [0.15, 0.2) is 47.1 Å². The van der Waals surface area contributed by atoms with Crippen molar-refractivity contribution in [1.29, 1.82) is 0 Å². The Morgan fingerprint density at radius 2 is 1.94 bits per heavy atom. The lowest BCUT2D eigenvalue weighted by Gasteiger charge is -2.26. The van der Waals surface area contributed by atoms with Gasteiger partial charge in [-0.1, -0.05) is 24.3 Å². The average Bonchev–Trinajstić information content (AvgIpc) is 2.84. The molecule has 88 valence electrons. The van der Waals surface area contributed by atoms with Gasteiger partial charge in [0.1, 0.15) is 11.4 Å². The van der Waals surface area contributed by atoms with E-state index in [2.05, 4.69) is 6.07 Å². The molecule has 0 saturated heterocycles. The van der Waals surface area contributed by atoms with E-state index >= 15 is 0 Å². The summed E-state index contributed by atoms with van der Waals surface area (Å²) in [6.07, 6.45) is 5.55. The number of benzene rings is 1. The summed E-state index contributed by atoms with van der Waals surface area (Å²) in [6.45, 7) is 0. The Morgan fingerprint density at radius 1 is 1.06 bits per heavy atom. The van der Waals surface area contributed by atoms with Gasteiger partial charge < -0.3 is 9.52 Å². The molecule has 0 fully saturated rings. The summed E-state index contributed by atoms with van der Waals surface area (Å²) in [4.78, 5) is 0. The molecule has 1 N–H and O–H groups in total. The molecule has 0 spiro atoms. The molecule has 2 nitrogen and oxygen atoms in total. The maximum absolute atomic E-state index is 11.0. The molecule has 1 aromatic heterocycles. The minimum Gasteiger partial charge on any atom is -0.466 e. The molecule has 1 atom stereocenters. The van der Waals surface area contributed by atoms with Crippen molar-refractivity contribution in [2.45, 2.75) is 31.3 Å². The number of hydrogen-bond donors (Lipinski definition) is 1. The Hall–Kier alpha value is -1.54. The fourth-order valence-corrected chi connectivity index (χ4v) is 2.74. The summed E-state index contributed by atoms with van der Waals surface area (Å²) in [5.41, 5.74) is 1.30. The van der Waals surface area contributed by atoms with E-state index in [1.54, 1.807) is 6.26 Å². The third-order valence-electron chi connectivity index (χ3n) is 3.63. The molecule has 1 aliphatic rings. The van der Waals surface area contributed by atoms with Crippen molar-refractivity contribution >= 4 is 0 Å². The number of fused-ring (bicyclic) bond motifs is 1. The van der Waals surface area contributed by atoms with Gasteiger partial charge in [-0.15, -0.1) is 0 Å². The van der Waals surface area contributed by atoms with Gasteiger partial charge in [-0.2, -0.15) is 0 Å². The Balaban J connectivity index is 2.17. The van der Waals surface area contributed by atoms with Crippen LogP contribution >= 0.6 is 0 Å². The predicted molar refractivity (Wildman–Crippen MR) is 65.7 cm³/mol. The van der Waals surface area contributed by atoms with E-state index in [9.17, 15) is 5.11 Å².